The van der Waals surface area contributed by atoms with Crippen LogP contribution in [0.5, 0.6) is 5.75 Å². The summed E-state index contributed by atoms with van der Waals surface area (Å²) in [6.45, 7) is 2.73. The number of nitrogens with zero attached hydrogens (tertiary/aromatic N) is 3. The van der Waals surface area contributed by atoms with E-state index in [1.165, 1.54) is 17.7 Å². The van der Waals surface area contributed by atoms with Gasteiger partial charge in [0.2, 0.25) is 0 Å². The minimum Gasteiger partial charge on any atom is -0.487 e. The molecular formula is C27H26F3N3O2. The topological polar surface area (TPSA) is 37.3 Å². The van der Waals surface area contributed by atoms with E-state index in [9.17, 15) is 13.2 Å². The zero-order valence-corrected chi connectivity index (χ0v) is 19.4. The van der Waals surface area contributed by atoms with Gasteiger partial charge in [-0.2, -0.15) is 13.2 Å². The van der Waals surface area contributed by atoms with Crippen molar-refractivity contribution in [3.63, 3.8) is 0 Å². The van der Waals surface area contributed by atoms with Crippen LogP contribution >= 0.6 is 0 Å². The lowest BCUT2D eigenvalue weighted by Gasteiger charge is -2.32. The third-order valence-electron chi connectivity index (χ3n) is 6.27. The summed E-state index contributed by atoms with van der Waals surface area (Å²) < 4.78 is 46.1. The highest BCUT2D eigenvalue weighted by atomic mass is 19.4. The molecule has 0 saturated heterocycles. The highest BCUT2D eigenvalue weighted by Crippen LogP contribution is 2.45. The van der Waals surface area contributed by atoms with E-state index in [0.717, 1.165) is 35.1 Å². The highest BCUT2D eigenvalue weighted by molar-refractivity contribution is 6.08. The van der Waals surface area contributed by atoms with Crippen LogP contribution in [0.2, 0.25) is 0 Å². The lowest BCUT2D eigenvalue weighted by atomic mass is 9.95. The van der Waals surface area contributed by atoms with Crippen LogP contribution in [0.15, 0.2) is 71.9 Å². The van der Waals surface area contributed by atoms with Gasteiger partial charge >= 0.3 is 6.18 Å². The Balaban J connectivity index is 1.34. The van der Waals surface area contributed by atoms with E-state index in [1.54, 1.807) is 0 Å². The van der Waals surface area contributed by atoms with Crippen LogP contribution in [0, 0.1) is 0 Å². The summed E-state index contributed by atoms with van der Waals surface area (Å²) in [5.74, 6) is 0.443. The van der Waals surface area contributed by atoms with Crippen LogP contribution in [-0.2, 0) is 24.2 Å². The second-order valence-electron chi connectivity index (χ2n) is 8.78. The molecule has 0 unspecified atom stereocenters. The lowest BCUT2D eigenvalue weighted by Crippen LogP contribution is -2.29. The first kappa shape index (κ1) is 23.2. The molecule has 0 fully saturated rings. The van der Waals surface area contributed by atoms with E-state index in [1.807, 2.05) is 48.3 Å². The fourth-order valence-corrected chi connectivity index (χ4v) is 4.54. The molecule has 3 aromatic carbocycles. The van der Waals surface area contributed by atoms with Crippen molar-refractivity contribution >= 4 is 17.1 Å². The van der Waals surface area contributed by atoms with Crippen LogP contribution in [0.4, 0.5) is 24.5 Å². The van der Waals surface area contributed by atoms with Crippen molar-refractivity contribution in [1.82, 2.24) is 4.90 Å². The number of hydrogen-bond acceptors (Lipinski definition) is 5. The Kier molecular flexibility index (Phi) is 6.38. The average Bonchev–Trinajstić information content (AvgIpc) is 3.01. The van der Waals surface area contributed by atoms with Gasteiger partial charge in [0.15, 0.2) is 0 Å². The van der Waals surface area contributed by atoms with Crippen molar-refractivity contribution in [3.8, 4) is 5.75 Å². The molecule has 8 heteroatoms. The molecule has 0 spiro atoms. The number of hydrogen-bond donors (Lipinski definition) is 0. The van der Waals surface area contributed by atoms with E-state index in [-0.39, 0.29) is 6.61 Å². The molecule has 0 bridgehead atoms. The first-order chi connectivity index (χ1) is 16.9. The summed E-state index contributed by atoms with van der Waals surface area (Å²) in [5.41, 5.74) is 4.36. The summed E-state index contributed by atoms with van der Waals surface area (Å²) in [6, 6.07) is 19.7. The van der Waals surface area contributed by atoms with Gasteiger partial charge in [-0.15, -0.1) is 0 Å². The first-order valence-electron chi connectivity index (χ1n) is 11.6. The molecule has 35 heavy (non-hydrogen) atoms. The van der Waals surface area contributed by atoms with Gasteiger partial charge in [0.25, 0.3) is 0 Å². The Morgan fingerprint density at radius 3 is 2.69 bits per heavy atom. The maximum absolute atomic E-state index is 13.4. The molecule has 5 rings (SSSR count). The van der Waals surface area contributed by atoms with Gasteiger partial charge in [0.05, 0.1) is 22.6 Å². The molecule has 3 aromatic rings. The van der Waals surface area contributed by atoms with Crippen LogP contribution in [0.3, 0.4) is 0 Å². The summed E-state index contributed by atoms with van der Waals surface area (Å²) in [5, 5.41) is 4.42. The van der Waals surface area contributed by atoms with E-state index in [0.29, 0.717) is 37.6 Å². The molecule has 0 amide bonds. The van der Waals surface area contributed by atoms with Crippen molar-refractivity contribution in [2.75, 3.05) is 31.6 Å². The number of anilines is 2. The predicted molar refractivity (Wildman–Crippen MR) is 129 cm³/mol. The fourth-order valence-electron chi connectivity index (χ4n) is 4.54. The molecule has 0 radical (unpaired) electrons. The molecule has 2 aliphatic rings. The molecule has 2 aliphatic heterocycles. The van der Waals surface area contributed by atoms with Crippen LogP contribution < -0.4 is 9.64 Å². The molecule has 0 aliphatic carbocycles. The Morgan fingerprint density at radius 1 is 1.06 bits per heavy atom. The van der Waals surface area contributed by atoms with Crippen molar-refractivity contribution in [3.05, 3.63) is 89.0 Å². The van der Waals surface area contributed by atoms with Crippen LogP contribution in [0.25, 0.3) is 0 Å². The number of halogens is 3. The Morgan fingerprint density at radius 2 is 1.89 bits per heavy atom. The van der Waals surface area contributed by atoms with Crippen LogP contribution in [-0.4, -0.2) is 37.4 Å². The summed E-state index contributed by atoms with van der Waals surface area (Å²) >= 11 is 0. The Bertz CT molecular complexity index is 1230. The van der Waals surface area contributed by atoms with E-state index in [4.69, 9.17) is 9.57 Å². The number of oxime groups is 1. The van der Waals surface area contributed by atoms with Gasteiger partial charge in [0, 0.05) is 37.2 Å². The molecule has 2 heterocycles. The maximum atomic E-state index is 13.4. The van der Waals surface area contributed by atoms with Crippen LogP contribution in [0.1, 0.15) is 28.7 Å². The van der Waals surface area contributed by atoms with Crippen molar-refractivity contribution in [2.24, 2.45) is 5.16 Å². The standard InChI is InChI=1S/C27H26F3N3O2/c1-32(17-19-6-3-2-4-7-19)14-15-35-31-23-12-13-33-24-16-21(27(28,29)30)10-11-25(24)34-18-20-8-5-9-22(23)26(20)33/h2-11,16H,12-15,17-18H2,1H3/b31-23-. The third kappa shape index (κ3) is 4.98. The monoisotopic (exact) mass is 481 g/mol. The quantitative estimate of drug-likeness (QED) is 0.320. The van der Waals surface area contributed by atoms with E-state index < -0.39 is 11.7 Å². The Hall–Kier alpha value is -3.52. The number of benzene rings is 3. The lowest BCUT2D eigenvalue weighted by molar-refractivity contribution is -0.137. The number of likely N-dealkylation sites (N-methyl/N-ethyl adjacent to an activating group) is 1. The van der Waals surface area contributed by atoms with Gasteiger partial charge in [-0.05, 0) is 30.8 Å². The van der Waals surface area contributed by atoms with E-state index >= 15 is 0 Å². The number of fused-ring (bicyclic) bond motifs is 2. The first-order valence-corrected chi connectivity index (χ1v) is 11.6. The molecule has 0 aromatic heterocycles. The minimum absolute atomic E-state index is 0.274. The zero-order valence-electron chi connectivity index (χ0n) is 19.4. The minimum atomic E-state index is -4.42. The Labute approximate surface area is 202 Å². The van der Waals surface area contributed by atoms with Gasteiger partial charge in [0.1, 0.15) is 19.0 Å². The van der Waals surface area contributed by atoms with Crippen molar-refractivity contribution < 1.29 is 22.7 Å². The van der Waals surface area contributed by atoms with Crippen molar-refractivity contribution in [1.29, 1.82) is 0 Å². The normalized spacial score (nSPS) is 15.9. The molecule has 0 N–H and O–H groups in total. The highest BCUT2D eigenvalue weighted by Gasteiger charge is 2.35. The molecule has 0 atom stereocenters. The van der Waals surface area contributed by atoms with Gasteiger partial charge < -0.3 is 14.5 Å². The second-order valence-corrected chi connectivity index (χ2v) is 8.78. The number of rotatable bonds is 6. The number of alkyl halides is 3. The van der Waals surface area contributed by atoms with Gasteiger partial charge in [-0.1, -0.05) is 53.7 Å². The van der Waals surface area contributed by atoms with E-state index in [2.05, 4.69) is 22.2 Å². The molecule has 0 saturated carbocycles. The van der Waals surface area contributed by atoms with Gasteiger partial charge in [-0.25, -0.2) is 0 Å². The largest absolute Gasteiger partial charge is 0.487 e. The summed E-state index contributed by atoms with van der Waals surface area (Å²) in [4.78, 5) is 9.75. The van der Waals surface area contributed by atoms with Gasteiger partial charge in [-0.3, -0.25) is 4.90 Å². The third-order valence-corrected chi connectivity index (χ3v) is 6.27. The smallest absolute Gasteiger partial charge is 0.416 e. The molecular weight excluding hydrogens is 455 g/mol. The predicted octanol–water partition coefficient (Wildman–Crippen LogP) is 5.99. The molecule has 5 nitrogen and oxygen atoms in total. The zero-order chi connectivity index (χ0) is 24.4. The second kappa shape index (κ2) is 9.62. The van der Waals surface area contributed by atoms with Crippen molar-refractivity contribution in [2.45, 2.75) is 25.7 Å². The number of ether oxygens (including phenoxy) is 1. The number of para-hydroxylation sites is 1. The SMILES string of the molecule is CN(CCO/N=C1/CCN2c3cc(C(F)(F)F)ccc3OCc3cccc1c32)Cc1ccccc1. The maximum Gasteiger partial charge on any atom is 0.416 e. The summed E-state index contributed by atoms with van der Waals surface area (Å²) in [7, 11) is 2.03. The molecule has 182 valence electrons. The summed E-state index contributed by atoms with van der Waals surface area (Å²) in [6.07, 6.45) is -3.88. The average molecular weight is 482 g/mol. The fraction of sp³-hybridized carbons (Fsp3) is 0.296.